The van der Waals surface area contributed by atoms with E-state index < -0.39 is 5.60 Å². The lowest BCUT2D eigenvalue weighted by atomic mass is 10.2. The van der Waals surface area contributed by atoms with Crippen molar-refractivity contribution in [1.82, 2.24) is 0 Å². The summed E-state index contributed by atoms with van der Waals surface area (Å²) in [6.45, 7) is 9.97. The minimum atomic E-state index is -0.449. The molecule has 132 valence electrons. The standard InChI is InChI=1S/C15H31NO6/c1-15(2,3)22-14(17)4-6-18-8-10-20-12-13-21-11-9-19-7-5-16/h4-13,16H2,1-3H3. The predicted molar refractivity (Wildman–Crippen MR) is 82.8 cm³/mol. The fraction of sp³-hybridized carbons (Fsp3) is 0.933. The minimum absolute atomic E-state index is 0.251. The van der Waals surface area contributed by atoms with Gasteiger partial charge in [-0.1, -0.05) is 0 Å². The summed E-state index contributed by atoms with van der Waals surface area (Å²) < 4.78 is 26.2. The molecule has 0 fully saturated rings. The van der Waals surface area contributed by atoms with E-state index in [1.54, 1.807) is 0 Å². The van der Waals surface area contributed by atoms with Crippen molar-refractivity contribution in [2.24, 2.45) is 5.73 Å². The molecule has 2 N–H and O–H groups in total. The third kappa shape index (κ3) is 17.3. The highest BCUT2D eigenvalue weighted by Gasteiger charge is 2.15. The summed E-state index contributed by atoms with van der Waals surface area (Å²) in [4.78, 5) is 11.4. The van der Waals surface area contributed by atoms with Gasteiger partial charge in [0.2, 0.25) is 0 Å². The van der Waals surface area contributed by atoms with Gasteiger partial charge in [0.15, 0.2) is 0 Å². The molecule has 0 aromatic heterocycles. The largest absolute Gasteiger partial charge is 0.460 e. The molecule has 22 heavy (non-hydrogen) atoms. The van der Waals surface area contributed by atoms with Gasteiger partial charge in [0.25, 0.3) is 0 Å². The Labute approximate surface area is 133 Å². The molecule has 0 unspecified atom stereocenters. The molecule has 0 saturated carbocycles. The van der Waals surface area contributed by atoms with Gasteiger partial charge in [-0.3, -0.25) is 4.79 Å². The van der Waals surface area contributed by atoms with Crippen LogP contribution >= 0.6 is 0 Å². The van der Waals surface area contributed by atoms with Gasteiger partial charge >= 0.3 is 5.97 Å². The van der Waals surface area contributed by atoms with Gasteiger partial charge in [-0.2, -0.15) is 0 Å². The molecule has 0 rings (SSSR count). The molecule has 0 radical (unpaired) electrons. The molecule has 0 amide bonds. The van der Waals surface area contributed by atoms with Crippen molar-refractivity contribution >= 4 is 5.97 Å². The van der Waals surface area contributed by atoms with E-state index >= 15 is 0 Å². The lowest BCUT2D eigenvalue weighted by Gasteiger charge is -2.19. The highest BCUT2D eigenvalue weighted by Crippen LogP contribution is 2.07. The molecule has 0 aromatic carbocycles. The van der Waals surface area contributed by atoms with E-state index in [1.807, 2.05) is 20.8 Å². The smallest absolute Gasteiger partial charge is 0.308 e. The van der Waals surface area contributed by atoms with E-state index in [4.69, 9.17) is 29.4 Å². The second kappa shape index (κ2) is 13.9. The van der Waals surface area contributed by atoms with Gasteiger partial charge in [0.1, 0.15) is 5.60 Å². The van der Waals surface area contributed by atoms with Crippen LogP contribution < -0.4 is 5.73 Å². The van der Waals surface area contributed by atoms with Crippen LogP contribution in [-0.2, 0) is 28.5 Å². The lowest BCUT2D eigenvalue weighted by Crippen LogP contribution is -2.24. The van der Waals surface area contributed by atoms with E-state index in [1.165, 1.54) is 0 Å². The zero-order valence-corrected chi connectivity index (χ0v) is 14.1. The van der Waals surface area contributed by atoms with Gasteiger partial charge in [-0.15, -0.1) is 0 Å². The van der Waals surface area contributed by atoms with E-state index in [9.17, 15) is 4.79 Å². The van der Waals surface area contributed by atoms with Crippen LogP contribution in [0.15, 0.2) is 0 Å². The number of carbonyl (C=O) groups is 1. The molecule has 0 spiro atoms. The fourth-order valence-electron chi connectivity index (χ4n) is 1.39. The van der Waals surface area contributed by atoms with Crippen molar-refractivity contribution in [3.63, 3.8) is 0 Å². The third-order valence-electron chi connectivity index (χ3n) is 2.25. The summed E-state index contributed by atoms with van der Waals surface area (Å²) in [6, 6.07) is 0. The number of hydrogen-bond donors (Lipinski definition) is 1. The summed E-state index contributed by atoms with van der Waals surface area (Å²) >= 11 is 0. The molecular formula is C15H31NO6. The molecule has 0 aliphatic heterocycles. The van der Waals surface area contributed by atoms with Gasteiger partial charge in [-0.25, -0.2) is 0 Å². The second-order valence-electron chi connectivity index (χ2n) is 5.57. The molecule has 0 bridgehead atoms. The number of hydrogen-bond acceptors (Lipinski definition) is 7. The van der Waals surface area contributed by atoms with Crippen molar-refractivity contribution in [3.05, 3.63) is 0 Å². The van der Waals surface area contributed by atoms with Crippen LogP contribution in [0.4, 0.5) is 0 Å². The van der Waals surface area contributed by atoms with Crippen LogP contribution in [0.5, 0.6) is 0 Å². The van der Waals surface area contributed by atoms with Crippen LogP contribution in [-0.4, -0.2) is 71.0 Å². The first-order valence-corrected chi connectivity index (χ1v) is 7.68. The lowest BCUT2D eigenvalue weighted by molar-refractivity contribution is -0.156. The highest BCUT2D eigenvalue weighted by molar-refractivity contribution is 5.69. The quantitative estimate of drug-likeness (QED) is 0.373. The molecule has 0 aliphatic rings. The molecule has 0 aromatic rings. The van der Waals surface area contributed by atoms with Crippen LogP contribution in [0.3, 0.4) is 0 Å². The number of rotatable bonds is 14. The summed E-state index contributed by atoms with van der Waals surface area (Å²) in [5, 5.41) is 0. The van der Waals surface area contributed by atoms with Crippen molar-refractivity contribution in [2.75, 3.05) is 59.4 Å². The highest BCUT2D eigenvalue weighted by atomic mass is 16.6. The number of ether oxygens (including phenoxy) is 5. The van der Waals surface area contributed by atoms with E-state index in [2.05, 4.69) is 0 Å². The maximum atomic E-state index is 11.4. The van der Waals surface area contributed by atoms with E-state index in [-0.39, 0.29) is 12.4 Å². The molecular weight excluding hydrogens is 290 g/mol. The Morgan fingerprint density at radius 3 is 1.59 bits per heavy atom. The Bertz CT molecular complexity index is 267. The summed E-state index contributed by atoms with van der Waals surface area (Å²) in [5.41, 5.74) is 4.83. The second-order valence-corrected chi connectivity index (χ2v) is 5.57. The first-order chi connectivity index (χ1) is 10.5. The van der Waals surface area contributed by atoms with Crippen LogP contribution in [0, 0.1) is 0 Å². The van der Waals surface area contributed by atoms with Crippen LogP contribution in [0.2, 0.25) is 0 Å². The zero-order chi connectivity index (χ0) is 16.7. The summed E-state index contributed by atoms with van der Waals surface area (Å²) in [6.07, 6.45) is 0.253. The number of esters is 1. The molecule has 0 aliphatic carbocycles. The molecule has 7 heteroatoms. The monoisotopic (exact) mass is 321 g/mol. The normalized spacial score (nSPS) is 11.6. The molecule has 0 heterocycles. The zero-order valence-electron chi connectivity index (χ0n) is 14.1. The van der Waals surface area contributed by atoms with Gasteiger partial charge in [0, 0.05) is 6.54 Å². The fourth-order valence-corrected chi connectivity index (χ4v) is 1.39. The molecule has 7 nitrogen and oxygen atoms in total. The number of nitrogens with two attached hydrogens (primary N) is 1. The first kappa shape index (κ1) is 21.3. The van der Waals surface area contributed by atoms with Crippen LogP contribution in [0.1, 0.15) is 27.2 Å². The molecule has 0 atom stereocenters. The Balaban J connectivity index is 3.16. The summed E-state index contributed by atoms with van der Waals surface area (Å²) in [5.74, 6) is -0.251. The Hall–Kier alpha value is -0.730. The maximum absolute atomic E-state index is 11.4. The van der Waals surface area contributed by atoms with Crippen molar-refractivity contribution < 1.29 is 28.5 Å². The van der Waals surface area contributed by atoms with Crippen molar-refractivity contribution in [1.29, 1.82) is 0 Å². The van der Waals surface area contributed by atoms with Crippen LogP contribution in [0.25, 0.3) is 0 Å². The van der Waals surface area contributed by atoms with Gasteiger partial charge in [0.05, 0.1) is 59.3 Å². The Morgan fingerprint density at radius 2 is 1.18 bits per heavy atom. The van der Waals surface area contributed by atoms with Crippen molar-refractivity contribution in [3.8, 4) is 0 Å². The summed E-state index contributed by atoms with van der Waals surface area (Å²) in [7, 11) is 0. The first-order valence-electron chi connectivity index (χ1n) is 7.68. The Kier molecular flexibility index (Phi) is 13.4. The average Bonchev–Trinajstić information content (AvgIpc) is 2.42. The van der Waals surface area contributed by atoms with Crippen molar-refractivity contribution in [2.45, 2.75) is 32.8 Å². The molecule has 0 saturated heterocycles. The third-order valence-corrected chi connectivity index (χ3v) is 2.25. The van der Waals surface area contributed by atoms with Gasteiger partial charge < -0.3 is 29.4 Å². The SMILES string of the molecule is CC(C)(C)OC(=O)CCOCCOCCOCCOCCN. The average molecular weight is 321 g/mol. The van der Waals surface area contributed by atoms with Gasteiger partial charge in [-0.05, 0) is 20.8 Å². The minimum Gasteiger partial charge on any atom is -0.460 e. The predicted octanol–water partition coefficient (Wildman–Crippen LogP) is 0.743. The number of carbonyl (C=O) groups excluding carboxylic acids is 1. The van der Waals surface area contributed by atoms with E-state index in [0.717, 1.165) is 0 Å². The Morgan fingerprint density at radius 1 is 0.773 bits per heavy atom. The van der Waals surface area contributed by atoms with E-state index in [0.29, 0.717) is 59.4 Å². The maximum Gasteiger partial charge on any atom is 0.308 e. The topological polar surface area (TPSA) is 89.2 Å².